The third-order valence-electron chi connectivity index (χ3n) is 4.01. The van der Waals surface area contributed by atoms with Gasteiger partial charge in [-0.2, -0.15) is 0 Å². The molecule has 0 saturated carbocycles. The molecule has 0 aliphatic heterocycles. The molecule has 3 rings (SSSR count). The van der Waals surface area contributed by atoms with Crippen LogP contribution in [0.15, 0.2) is 36.0 Å². The molecule has 106 valence electrons. The van der Waals surface area contributed by atoms with Crippen molar-refractivity contribution in [2.45, 2.75) is 31.8 Å². The highest BCUT2D eigenvalue weighted by Crippen LogP contribution is 2.35. The quantitative estimate of drug-likeness (QED) is 0.919. The van der Waals surface area contributed by atoms with Crippen molar-refractivity contribution in [2.24, 2.45) is 0 Å². The minimum Gasteiger partial charge on any atom is -0.395 e. The summed E-state index contributed by atoms with van der Waals surface area (Å²) in [6, 6.07) is 9.16. The number of thiazole rings is 1. The highest BCUT2D eigenvalue weighted by atomic mass is 32.1. The largest absolute Gasteiger partial charge is 0.395 e. The van der Waals surface area contributed by atoms with Crippen LogP contribution in [-0.2, 0) is 13.0 Å². The van der Waals surface area contributed by atoms with Gasteiger partial charge in [-0.1, -0.05) is 24.3 Å². The van der Waals surface area contributed by atoms with Crippen LogP contribution in [-0.4, -0.2) is 28.1 Å². The smallest absolute Gasteiger partial charge is 0.0794 e. The molecule has 20 heavy (non-hydrogen) atoms. The summed E-state index contributed by atoms with van der Waals surface area (Å²) in [6.07, 6.45) is 5.52. The van der Waals surface area contributed by atoms with E-state index in [1.165, 1.54) is 35.3 Å². The molecule has 1 aliphatic rings. The molecule has 1 aromatic carbocycles. The molecule has 1 unspecified atom stereocenters. The summed E-state index contributed by atoms with van der Waals surface area (Å²) in [5, 5.41) is 9.39. The average molecular weight is 288 g/mol. The first-order chi connectivity index (χ1) is 9.88. The van der Waals surface area contributed by atoms with Crippen molar-refractivity contribution in [2.75, 3.05) is 13.2 Å². The van der Waals surface area contributed by atoms with E-state index in [1.54, 1.807) is 11.3 Å². The van der Waals surface area contributed by atoms with Crippen molar-refractivity contribution >= 4 is 11.3 Å². The van der Waals surface area contributed by atoms with Crippen LogP contribution in [0.3, 0.4) is 0 Å². The predicted molar refractivity (Wildman–Crippen MR) is 81.7 cm³/mol. The van der Waals surface area contributed by atoms with Crippen LogP contribution < -0.4 is 0 Å². The molecule has 0 bridgehead atoms. The van der Waals surface area contributed by atoms with Gasteiger partial charge in [0.05, 0.1) is 12.1 Å². The molecule has 3 nitrogen and oxygen atoms in total. The van der Waals surface area contributed by atoms with Gasteiger partial charge in [0.1, 0.15) is 0 Å². The van der Waals surface area contributed by atoms with Crippen molar-refractivity contribution in [1.82, 2.24) is 9.88 Å². The lowest BCUT2D eigenvalue weighted by atomic mass is 9.87. The SMILES string of the molecule is OCCN(Cc1cncs1)C1CCCc2ccccc21. The summed E-state index contributed by atoms with van der Waals surface area (Å²) in [6.45, 7) is 1.80. The van der Waals surface area contributed by atoms with Gasteiger partial charge in [0.15, 0.2) is 0 Å². The normalized spacial score (nSPS) is 18.2. The van der Waals surface area contributed by atoms with Gasteiger partial charge in [0.2, 0.25) is 0 Å². The molecule has 2 aromatic rings. The lowest BCUT2D eigenvalue weighted by Gasteiger charge is -2.35. The van der Waals surface area contributed by atoms with Crippen molar-refractivity contribution < 1.29 is 5.11 Å². The molecule has 0 fully saturated rings. The number of fused-ring (bicyclic) bond motifs is 1. The highest BCUT2D eigenvalue weighted by molar-refractivity contribution is 7.09. The highest BCUT2D eigenvalue weighted by Gasteiger charge is 2.25. The Balaban J connectivity index is 1.84. The first-order valence-electron chi connectivity index (χ1n) is 7.18. The zero-order valence-electron chi connectivity index (χ0n) is 11.5. The monoisotopic (exact) mass is 288 g/mol. The fraction of sp³-hybridized carbons (Fsp3) is 0.438. The maximum Gasteiger partial charge on any atom is 0.0794 e. The van der Waals surface area contributed by atoms with Gasteiger partial charge in [-0.25, -0.2) is 0 Å². The number of rotatable bonds is 5. The number of hydrogen-bond acceptors (Lipinski definition) is 4. The molecule has 1 N–H and O–H groups in total. The Morgan fingerprint density at radius 3 is 3.05 bits per heavy atom. The molecule has 1 heterocycles. The number of aliphatic hydroxyl groups is 1. The Hall–Kier alpha value is -1.23. The van der Waals surface area contributed by atoms with Crippen molar-refractivity contribution in [1.29, 1.82) is 0 Å². The lowest BCUT2D eigenvalue weighted by Crippen LogP contribution is -2.33. The fourth-order valence-electron chi connectivity index (χ4n) is 3.10. The van der Waals surface area contributed by atoms with E-state index in [9.17, 15) is 5.11 Å². The van der Waals surface area contributed by atoms with E-state index in [-0.39, 0.29) is 6.61 Å². The zero-order valence-corrected chi connectivity index (χ0v) is 12.4. The van der Waals surface area contributed by atoms with E-state index in [0.29, 0.717) is 6.04 Å². The second-order valence-electron chi connectivity index (χ2n) is 5.27. The van der Waals surface area contributed by atoms with Gasteiger partial charge in [-0.15, -0.1) is 11.3 Å². The van der Waals surface area contributed by atoms with Crippen LogP contribution in [0.1, 0.15) is 34.9 Å². The number of aryl methyl sites for hydroxylation is 1. The Morgan fingerprint density at radius 2 is 2.25 bits per heavy atom. The molecule has 1 aromatic heterocycles. The minimum atomic E-state index is 0.206. The standard InChI is InChI=1S/C16H20N2OS/c19-9-8-18(11-14-10-17-12-20-14)16-7-3-5-13-4-1-2-6-15(13)16/h1-2,4,6,10,12,16,19H,3,5,7-9,11H2. The van der Waals surface area contributed by atoms with E-state index in [1.807, 2.05) is 11.7 Å². The molecular formula is C16H20N2OS. The number of benzene rings is 1. The number of aliphatic hydroxyl groups excluding tert-OH is 1. The second kappa shape index (κ2) is 6.48. The van der Waals surface area contributed by atoms with E-state index < -0.39 is 0 Å². The van der Waals surface area contributed by atoms with Crippen LogP contribution in [0, 0.1) is 0 Å². The van der Waals surface area contributed by atoms with Gasteiger partial charge in [-0.05, 0) is 30.4 Å². The molecule has 0 radical (unpaired) electrons. The first kappa shape index (κ1) is 13.7. The van der Waals surface area contributed by atoms with Gasteiger partial charge < -0.3 is 5.11 Å². The van der Waals surface area contributed by atoms with Crippen LogP contribution in [0.25, 0.3) is 0 Å². The molecule has 1 atom stereocenters. The van der Waals surface area contributed by atoms with E-state index >= 15 is 0 Å². The number of aromatic nitrogens is 1. The maximum absolute atomic E-state index is 9.39. The average Bonchev–Trinajstić information content (AvgIpc) is 2.99. The van der Waals surface area contributed by atoms with Gasteiger partial charge in [-0.3, -0.25) is 9.88 Å². The number of nitrogens with zero attached hydrogens (tertiary/aromatic N) is 2. The van der Waals surface area contributed by atoms with Crippen LogP contribution in [0.2, 0.25) is 0 Å². The summed E-state index contributed by atoms with van der Waals surface area (Å²) in [5.74, 6) is 0. The summed E-state index contributed by atoms with van der Waals surface area (Å²) in [4.78, 5) is 7.81. The van der Waals surface area contributed by atoms with Gasteiger partial charge in [0, 0.05) is 30.2 Å². The van der Waals surface area contributed by atoms with Gasteiger partial charge >= 0.3 is 0 Å². The molecule has 1 aliphatic carbocycles. The van der Waals surface area contributed by atoms with Gasteiger partial charge in [0.25, 0.3) is 0 Å². The summed E-state index contributed by atoms with van der Waals surface area (Å²) >= 11 is 1.69. The summed E-state index contributed by atoms with van der Waals surface area (Å²) in [7, 11) is 0. The molecule has 4 heteroatoms. The van der Waals surface area contributed by atoms with Crippen LogP contribution >= 0.6 is 11.3 Å². The summed E-state index contributed by atoms with van der Waals surface area (Å²) < 4.78 is 0. The first-order valence-corrected chi connectivity index (χ1v) is 8.06. The molecule has 0 spiro atoms. The van der Waals surface area contributed by atoms with Crippen molar-refractivity contribution in [3.05, 3.63) is 52.0 Å². The molecule has 0 amide bonds. The van der Waals surface area contributed by atoms with Crippen LogP contribution in [0.5, 0.6) is 0 Å². The Bertz CT molecular complexity index is 541. The second-order valence-corrected chi connectivity index (χ2v) is 6.24. The van der Waals surface area contributed by atoms with Crippen molar-refractivity contribution in [3.63, 3.8) is 0 Å². The summed E-state index contributed by atoms with van der Waals surface area (Å²) in [5.41, 5.74) is 4.79. The Morgan fingerprint density at radius 1 is 1.35 bits per heavy atom. The lowest BCUT2D eigenvalue weighted by molar-refractivity contribution is 0.132. The van der Waals surface area contributed by atoms with E-state index in [2.05, 4.69) is 34.1 Å². The maximum atomic E-state index is 9.39. The molecular weight excluding hydrogens is 268 g/mol. The fourth-order valence-corrected chi connectivity index (χ4v) is 3.72. The van der Waals surface area contributed by atoms with E-state index in [4.69, 9.17) is 0 Å². The van der Waals surface area contributed by atoms with Crippen LogP contribution in [0.4, 0.5) is 0 Å². The molecule has 0 saturated heterocycles. The zero-order chi connectivity index (χ0) is 13.8. The van der Waals surface area contributed by atoms with E-state index in [0.717, 1.165) is 13.1 Å². The Labute approximate surface area is 123 Å². The predicted octanol–water partition coefficient (Wildman–Crippen LogP) is 3.02. The third kappa shape index (κ3) is 2.92. The number of hydrogen-bond donors (Lipinski definition) is 1. The third-order valence-corrected chi connectivity index (χ3v) is 4.77. The minimum absolute atomic E-state index is 0.206. The topological polar surface area (TPSA) is 36.4 Å². The van der Waals surface area contributed by atoms with Crippen molar-refractivity contribution in [3.8, 4) is 0 Å². The Kier molecular flexibility index (Phi) is 4.45.